The molecule has 0 spiro atoms. The van der Waals surface area contributed by atoms with Gasteiger partial charge in [0.05, 0.1) is 0 Å². The first kappa shape index (κ1) is 24.5. The van der Waals surface area contributed by atoms with Crippen LogP contribution in [0.3, 0.4) is 0 Å². The summed E-state index contributed by atoms with van der Waals surface area (Å²) in [6, 6.07) is 10.6. The number of rotatable bonds is 6. The van der Waals surface area contributed by atoms with E-state index >= 15 is 0 Å². The third-order valence-electron chi connectivity index (χ3n) is 6.03. The van der Waals surface area contributed by atoms with Crippen LogP contribution < -0.4 is 11.0 Å². The summed E-state index contributed by atoms with van der Waals surface area (Å²) in [6.45, 7) is 7.07. The van der Waals surface area contributed by atoms with Gasteiger partial charge in [-0.15, -0.1) is 24.0 Å². The van der Waals surface area contributed by atoms with E-state index < -0.39 is 0 Å². The maximum atomic E-state index is 12.5. The maximum Gasteiger partial charge on any atom is 0.345 e. The molecule has 32 heavy (non-hydrogen) atoms. The molecule has 7 nitrogen and oxygen atoms in total. The van der Waals surface area contributed by atoms with Crippen LogP contribution in [0.15, 0.2) is 45.7 Å². The third kappa shape index (κ3) is 6.24. The van der Waals surface area contributed by atoms with Crippen molar-refractivity contribution in [2.24, 2.45) is 4.99 Å². The number of aromatic nitrogens is 3. The van der Waals surface area contributed by atoms with Crippen LogP contribution >= 0.6 is 24.0 Å². The van der Waals surface area contributed by atoms with Crippen LogP contribution in [0.2, 0.25) is 0 Å². The van der Waals surface area contributed by atoms with Crippen LogP contribution in [0.1, 0.15) is 50.4 Å². The van der Waals surface area contributed by atoms with Crippen molar-refractivity contribution in [1.29, 1.82) is 0 Å². The highest BCUT2D eigenvalue weighted by Crippen LogP contribution is 2.19. The lowest BCUT2D eigenvalue weighted by Crippen LogP contribution is -2.44. The fraction of sp³-hybridized carbons (Fsp3) is 0.542. The van der Waals surface area contributed by atoms with E-state index in [1.54, 1.807) is 4.68 Å². The van der Waals surface area contributed by atoms with E-state index in [-0.39, 0.29) is 29.7 Å². The zero-order valence-electron chi connectivity index (χ0n) is 19.0. The molecule has 3 heterocycles. The van der Waals surface area contributed by atoms with Crippen molar-refractivity contribution in [2.45, 2.75) is 58.5 Å². The van der Waals surface area contributed by atoms with Crippen molar-refractivity contribution in [3.05, 3.63) is 57.8 Å². The van der Waals surface area contributed by atoms with E-state index in [0.29, 0.717) is 13.1 Å². The van der Waals surface area contributed by atoms with Gasteiger partial charge >= 0.3 is 5.69 Å². The Labute approximate surface area is 207 Å². The molecule has 2 aromatic rings. The molecule has 1 aromatic heterocycles. The van der Waals surface area contributed by atoms with Gasteiger partial charge in [0.15, 0.2) is 5.96 Å². The Hall–Kier alpha value is -2.10. The Balaban J connectivity index is 0.00000289. The molecule has 2 aliphatic rings. The maximum absolute atomic E-state index is 12.5. The lowest BCUT2D eigenvalue weighted by atomic mass is 10.0. The summed E-state index contributed by atoms with van der Waals surface area (Å²) in [7, 11) is 0. The van der Waals surface area contributed by atoms with Crippen molar-refractivity contribution in [3.63, 3.8) is 0 Å². The summed E-state index contributed by atoms with van der Waals surface area (Å²) < 4.78 is 3.47. The number of hydrogen-bond acceptors (Lipinski definition) is 3. The quantitative estimate of drug-likeness (QED) is 0.259. The minimum Gasteiger partial charge on any atom is -0.357 e. The first-order valence-corrected chi connectivity index (χ1v) is 11.7. The second-order valence-electron chi connectivity index (χ2n) is 8.32. The standard InChI is InChI=1S/C24H34N6O.HI/c1-2-25-23(28-17-12-21(13-18-28)19-20-9-4-3-5-10-20)26-14-8-16-30-24(31)29-15-7-6-11-22(29)27-30;/h3-5,9-10,19H,2,6-8,11-18H2,1H3,(H,25,26);1H. The average Bonchev–Trinajstić information content (AvgIpc) is 3.13. The number of nitrogens with one attached hydrogen (secondary N) is 1. The zero-order chi connectivity index (χ0) is 21.5. The molecule has 0 radical (unpaired) electrons. The second kappa shape index (κ2) is 12.2. The van der Waals surface area contributed by atoms with E-state index in [1.165, 1.54) is 11.1 Å². The van der Waals surface area contributed by atoms with Gasteiger partial charge in [0, 0.05) is 45.7 Å². The molecule has 0 saturated carbocycles. The summed E-state index contributed by atoms with van der Waals surface area (Å²) in [5.41, 5.74) is 2.82. The number of nitrogens with zero attached hydrogens (tertiary/aromatic N) is 5. The number of benzene rings is 1. The SMILES string of the molecule is CCNC(=NCCCn1nc2n(c1=O)CCCC2)N1CCC(=Cc2ccccc2)CC1.I. The number of aryl methyl sites for hydroxylation is 2. The molecular formula is C24H35IN6O. The molecule has 0 unspecified atom stereocenters. The first-order chi connectivity index (χ1) is 15.2. The number of piperidine rings is 1. The van der Waals surface area contributed by atoms with Gasteiger partial charge in [-0.2, -0.15) is 5.10 Å². The van der Waals surface area contributed by atoms with Gasteiger partial charge in [-0.25, -0.2) is 9.48 Å². The van der Waals surface area contributed by atoms with Gasteiger partial charge in [-0.3, -0.25) is 9.56 Å². The van der Waals surface area contributed by atoms with Gasteiger partial charge in [-0.05, 0) is 44.6 Å². The summed E-state index contributed by atoms with van der Waals surface area (Å²) in [6.07, 6.45) is 8.39. The monoisotopic (exact) mass is 550 g/mol. The number of fused-ring (bicyclic) bond motifs is 1. The fourth-order valence-electron chi connectivity index (χ4n) is 4.36. The number of likely N-dealkylation sites (tertiary alicyclic amines) is 1. The van der Waals surface area contributed by atoms with Crippen molar-refractivity contribution in [2.75, 3.05) is 26.2 Å². The molecule has 4 rings (SSSR count). The molecule has 0 bridgehead atoms. The minimum absolute atomic E-state index is 0. The van der Waals surface area contributed by atoms with Gasteiger partial charge in [0.2, 0.25) is 0 Å². The number of guanidine groups is 1. The van der Waals surface area contributed by atoms with Gasteiger partial charge in [0.25, 0.3) is 0 Å². The largest absolute Gasteiger partial charge is 0.357 e. The summed E-state index contributed by atoms with van der Waals surface area (Å²) >= 11 is 0. The van der Waals surface area contributed by atoms with Crippen LogP contribution in [0.4, 0.5) is 0 Å². The zero-order valence-corrected chi connectivity index (χ0v) is 21.3. The van der Waals surface area contributed by atoms with Gasteiger partial charge in [-0.1, -0.05) is 42.0 Å². The van der Waals surface area contributed by atoms with Crippen LogP contribution in [0.5, 0.6) is 0 Å². The van der Waals surface area contributed by atoms with Crippen molar-refractivity contribution in [1.82, 2.24) is 24.6 Å². The molecule has 174 valence electrons. The van der Waals surface area contributed by atoms with Crippen LogP contribution in [0, 0.1) is 0 Å². The molecule has 1 saturated heterocycles. The fourth-order valence-corrected chi connectivity index (χ4v) is 4.36. The van der Waals surface area contributed by atoms with Crippen molar-refractivity contribution >= 4 is 36.0 Å². The lowest BCUT2D eigenvalue weighted by molar-refractivity contribution is 0.375. The van der Waals surface area contributed by atoms with E-state index in [9.17, 15) is 4.79 Å². The predicted octanol–water partition coefficient (Wildman–Crippen LogP) is 3.53. The first-order valence-electron chi connectivity index (χ1n) is 11.7. The van der Waals surface area contributed by atoms with Crippen LogP contribution in [-0.4, -0.2) is 51.4 Å². The Kier molecular flexibility index (Phi) is 9.37. The smallest absolute Gasteiger partial charge is 0.345 e. The lowest BCUT2D eigenvalue weighted by Gasteiger charge is -2.31. The van der Waals surface area contributed by atoms with E-state index in [2.05, 4.69) is 58.6 Å². The average molecular weight is 550 g/mol. The molecule has 0 atom stereocenters. The highest BCUT2D eigenvalue weighted by atomic mass is 127. The topological polar surface area (TPSA) is 67.5 Å². The summed E-state index contributed by atoms with van der Waals surface area (Å²) in [5.74, 6) is 1.93. The van der Waals surface area contributed by atoms with E-state index in [0.717, 1.165) is 76.5 Å². The number of hydrogen-bond donors (Lipinski definition) is 1. The second-order valence-corrected chi connectivity index (χ2v) is 8.32. The third-order valence-corrected chi connectivity index (χ3v) is 6.03. The molecule has 1 N–H and O–H groups in total. The van der Waals surface area contributed by atoms with Gasteiger partial charge < -0.3 is 10.2 Å². The minimum atomic E-state index is 0. The Morgan fingerprint density at radius 1 is 1.12 bits per heavy atom. The number of aliphatic imine (C=N–C) groups is 1. The molecular weight excluding hydrogens is 515 g/mol. The molecule has 0 amide bonds. The van der Waals surface area contributed by atoms with Crippen LogP contribution in [0.25, 0.3) is 6.08 Å². The molecule has 1 aromatic carbocycles. The molecule has 0 aliphatic carbocycles. The summed E-state index contributed by atoms with van der Waals surface area (Å²) in [4.78, 5) is 19.6. The molecule has 2 aliphatic heterocycles. The Morgan fingerprint density at radius 2 is 1.91 bits per heavy atom. The van der Waals surface area contributed by atoms with Gasteiger partial charge in [0.1, 0.15) is 5.82 Å². The van der Waals surface area contributed by atoms with Crippen LogP contribution in [-0.2, 0) is 19.5 Å². The van der Waals surface area contributed by atoms with Crippen molar-refractivity contribution < 1.29 is 0 Å². The highest BCUT2D eigenvalue weighted by molar-refractivity contribution is 14.0. The van der Waals surface area contributed by atoms with Crippen molar-refractivity contribution in [3.8, 4) is 0 Å². The Bertz CT molecular complexity index is 968. The summed E-state index contributed by atoms with van der Waals surface area (Å²) in [5, 5.41) is 7.96. The Morgan fingerprint density at radius 3 is 2.62 bits per heavy atom. The molecule has 1 fully saturated rings. The predicted molar refractivity (Wildman–Crippen MR) is 141 cm³/mol. The van der Waals surface area contributed by atoms with E-state index in [4.69, 9.17) is 4.99 Å². The van der Waals surface area contributed by atoms with E-state index in [1.807, 2.05) is 4.57 Å². The number of halogens is 1. The normalized spacial score (nSPS) is 16.3. The highest BCUT2D eigenvalue weighted by Gasteiger charge is 2.18. The molecule has 8 heteroatoms.